The van der Waals surface area contributed by atoms with E-state index in [9.17, 15) is 26.4 Å². The van der Waals surface area contributed by atoms with Gasteiger partial charge in [-0.05, 0) is 73.0 Å². The minimum Gasteiger partial charge on any atom is -0.460 e. The molecular formula is C22H42O10S3. The van der Waals surface area contributed by atoms with Gasteiger partial charge in [-0.3, -0.25) is 18.0 Å². The topological polar surface area (TPSA) is 139 Å². The van der Waals surface area contributed by atoms with Gasteiger partial charge in [-0.2, -0.15) is 28.6 Å². The molecule has 2 unspecified atom stereocenters. The van der Waals surface area contributed by atoms with Crippen molar-refractivity contribution in [3.05, 3.63) is 0 Å². The van der Waals surface area contributed by atoms with Crippen molar-refractivity contribution in [3.8, 4) is 0 Å². The molecule has 208 valence electrons. The minimum atomic E-state index is -3.73. The molecule has 1 rings (SSSR count). The van der Waals surface area contributed by atoms with Gasteiger partial charge in [-0.25, -0.2) is 0 Å². The summed E-state index contributed by atoms with van der Waals surface area (Å²) in [4.78, 5) is 22.9. The van der Waals surface area contributed by atoms with Crippen LogP contribution in [0.3, 0.4) is 0 Å². The van der Waals surface area contributed by atoms with Gasteiger partial charge in [0.1, 0.15) is 11.2 Å². The summed E-state index contributed by atoms with van der Waals surface area (Å²) in [6.07, 6.45) is 3.80. The average molecular weight is 563 g/mol. The summed E-state index contributed by atoms with van der Waals surface area (Å²) in [6, 6.07) is 0. The molecule has 1 aliphatic rings. The van der Waals surface area contributed by atoms with E-state index in [2.05, 4.69) is 4.18 Å². The molecule has 0 radical (unpaired) electrons. The van der Waals surface area contributed by atoms with Crippen LogP contribution in [0.1, 0.15) is 80.1 Å². The molecule has 0 amide bonds. The first-order valence-corrected chi connectivity index (χ1v) is 16.1. The molecule has 10 nitrogen and oxygen atoms in total. The summed E-state index contributed by atoms with van der Waals surface area (Å²) in [5, 5.41) is 0.715. The Morgan fingerprint density at radius 3 is 1.71 bits per heavy atom. The number of rotatable bonds is 12. The Labute approximate surface area is 215 Å². The lowest BCUT2D eigenvalue weighted by Crippen LogP contribution is -2.26. The van der Waals surface area contributed by atoms with Crippen molar-refractivity contribution in [2.45, 2.75) is 103 Å². The van der Waals surface area contributed by atoms with Crippen molar-refractivity contribution in [1.82, 2.24) is 0 Å². The van der Waals surface area contributed by atoms with Crippen LogP contribution in [0.25, 0.3) is 0 Å². The highest BCUT2D eigenvalue weighted by Crippen LogP contribution is 2.31. The maximum absolute atomic E-state index is 11.6. The monoisotopic (exact) mass is 562 g/mol. The van der Waals surface area contributed by atoms with E-state index in [-0.39, 0.29) is 37.4 Å². The van der Waals surface area contributed by atoms with Gasteiger partial charge in [-0.1, -0.05) is 0 Å². The van der Waals surface area contributed by atoms with Crippen LogP contribution in [-0.4, -0.2) is 76.2 Å². The van der Waals surface area contributed by atoms with Crippen molar-refractivity contribution < 1.29 is 44.3 Å². The highest BCUT2D eigenvalue weighted by molar-refractivity contribution is 8.01. The lowest BCUT2D eigenvalue weighted by Gasteiger charge is -2.25. The predicted octanol–water partition coefficient (Wildman–Crippen LogP) is 3.43. The first-order chi connectivity index (χ1) is 15.7. The molecule has 0 aliphatic carbocycles. The van der Waals surface area contributed by atoms with Crippen molar-refractivity contribution in [1.29, 1.82) is 0 Å². The lowest BCUT2D eigenvalue weighted by molar-refractivity contribution is -0.156. The number of hydrogen-bond acceptors (Lipinski definition) is 11. The van der Waals surface area contributed by atoms with Crippen molar-refractivity contribution in [3.63, 3.8) is 0 Å². The number of carbonyl (C=O) groups excluding carboxylic acids is 2. The van der Waals surface area contributed by atoms with E-state index in [4.69, 9.17) is 13.7 Å². The molecule has 0 aromatic rings. The average Bonchev–Trinajstić information content (AvgIpc) is 2.53. The number of thioether (sulfide) groups is 1. The van der Waals surface area contributed by atoms with Gasteiger partial charge in [0.25, 0.3) is 20.2 Å². The molecule has 0 aromatic heterocycles. The fourth-order valence-electron chi connectivity index (χ4n) is 2.67. The Kier molecular flexibility index (Phi) is 14.4. The fraction of sp³-hybridized carbons (Fsp3) is 0.909. The number of esters is 2. The van der Waals surface area contributed by atoms with E-state index in [1.165, 1.54) is 12.2 Å². The second-order valence-corrected chi connectivity index (χ2v) is 14.9. The zero-order valence-corrected chi connectivity index (χ0v) is 24.6. The summed E-state index contributed by atoms with van der Waals surface area (Å²) < 4.78 is 63.8. The van der Waals surface area contributed by atoms with Crippen LogP contribution in [0.15, 0.2) is 0 Å². The quantitative estimate of drug-likeness (QED) is 0.255. The maximum atomic E-state index is 11.6. The van der Waals surface area contributed by atoms with Gasteiger partial charge in [0, 0.05) is 18.1 Å². The largest absolute Gasteiger partial charge is 0.460 e. The van der Waals surface area contributed by atoms with Crippen LogP contribution < -0.4 is 0 Å². The zero-order chi connectivity index (χ0) is 27.5. The van der Waals surface area contributed by atoms with Crippen LogP contribution in [0.2, 0.25) is 0 Å². The molecule has 2 atom stereocenters. The second-order valence-electron chi connectivity index (χ2n) is 10.3. The summed E-state index contributed by atoms with van der Waals surface area (Å²) in [6.45, 7) is 10.6. The van der Waals surface area contributed by atoms with Gasteiger partial charge >= 0.3 is 11.9 Å². The molecule has 13 heteroatoms. The number of carbonyl (C=O) groups is 2. The van der Waals surface area contributed by atoms with E-state index in [0.717, 1.165) is 18.9 Å². The van der Waals surface area contributed by atoms with Crippen molar-refractivity contribution >= 4 is 43.9 Å². The summed E-state index contributed by atoms with van der Waals surface area (Å²) in [7, 11) is -7.34. The Morgan fingerprint density at radius 2 is 1.34 bits per heavy atom. The molecule has 0 aromatic carbocycles. The molecule has 35 heavy (non-hydrogen) atoms. The zero-order valence-electron chi connectivity index (χ0n) is 22.1. The minimum absolute atomic E-state index is 0.0168. The highest BCUT2D eigenvalue weighted by atomic mass is 32.2. The molecule has 0 spiro atoms. The summed E-state index contributed by atoms with van der Waals surface area (Å²) in [5.41, 5.74) is -0.965. The van der Waals surface area contributed by atoms with Crippen molar-refractivity contribution in [2.24, 2.45) is 0 Å². The maximum Gasteiger partial charge on any atom is 0.306 e. The van der Waals surface area contributed by atoms with Crippen LogP contribution >= 0.6 is 11.8 Å². The molecule has 1 heterocycles. The lowest BCUT2D eigenvalue weighted by atomic mass is 10.1. The first-order valence-electron chi connectivity index (χ1n) is 11.4. The van der Waals surface area contributed by atoms with E-state index >= 15 is 0 Å². The Hall–Kier alpha value is -0.890. The van der Waals surface area contributed by atoms with E-state index in [0.29, 0.717) is 11.7 Å². The van der Waals surface area contributed by atoms with Crippen molar-refractivity contribution in [2.75, 3.05) is 24.9 Å². The van der Waals surface area contributed by atoms with Gasteiger partial charge in [0.05, 0.1) is 25.2 Å². The third-order valence-corrected chi connectivity index (χ3v) is 6.65. The first kappa shape index (κ1) is 34.1. The Bertz CT molecular complexity index is 864. The highest BCUT2D eigenvalue weighted by Gasteiger charge is 2.22. The van der Waals surface area contributed by atoms with E-state index in [1.54, 1.807) is 20.8 Å². The molecular weight excluding hydrogens is 520 g/mol. The van der Waals surface area contributed by atoms with Crippen LogP contribution in [0.5, 0.6) is 0 Å². The van der Waals surface area contributed by atoms with Gasteiger partial charge in [0.15, 0.2) is 0 Å². The van der Waals surface area contributed by atoms with Crippen LogP contribution in [0.4, 0.5) is 0 Å². The third kappa shape index (κ3) is 23.3. The fourth-order valence-corrected chi connectivity index (χ4v) is 4.61. The van der Waals surface area contributed by atoms with Crippen LogP contribution in [-0.2, 0) is 47.7 Å². The summed E-state index contributed by atoms with van der Waals surface area (Å²) in [5.74, 6) is 0.720. The SMILES string of the molecule is CC(C)(C)OC(=O)CCC(CCOS(C)(=O)=O)OS(C)(=O)=O.CC(C)(C)OC(=O)CCC1CCS1. The van der Waals surface area contributed by atoms with E-state index < -0.39 is 37.9 Å². The molecule has 1 aliphatic heterocycles. The smallest absolute Gasteiger partial charge is 0.306 e. The van der Waals surface area contributed by atoms with Gasteiger partial charge in [0.2, 0.25) is 0 Å². The Balaban J connectivity index is 0.000000750. The predicted molar refractivity (Wildman–Crippen MR) is 136 cm³/mol. The van der Waals surface area contributed by atoms with Gasteiger partial charge in [-0.15, -0.1) is 0 Å². The normalized spacial score (nSPS) is 17.4. The van der Waals surface area contributed by atoms with Crippen LogP contribution in [0, 0.1) is 0 Å². The molecule has 0 bridgehead atoms. The van der Waals surface area contributed by atoms with Gasteiger partial charge < -0.3 is 9.47 Å². The van der Waals surface area contributed by atoms with E-state index in [1.807, 2.05) is 32.5 Å². The number of hydrogen-bond donors (Lipinski definition) is 0. The molecule has 0 saturated carbocycles. The summed E-state index contributed by atoms with van der Waals surface area (Å²) >= 11 is 1.96. The standard InChI is InChI=1S/C12H24O8S2.C10H18O2S/c1-12(2,3)19-11(13)7-6-10(20-22(5,16)17)8-9-18-21(4,14)15;1-10(2,3)12-9(11)5-4-8-6-7-13-8/h10H,6-9H2,1-5H3;8H,4-7H2,1-3H3. The number of ether oxygens (including phenoxy) is 2. The molecule has 1 fully saturated rings. The Morgan fingerprint density at radius 1 is 0.857 bits per heavy atom. The third-order valence-electron chi connectivity index (χ3n) is 4.02. The molecule has 0 N–H and O–H groups in total. The molecule has 1 saturated heterocycles. The second kappa shape index (κ2) is 14.7.